The summed E-state index contributed by atoms with van der Waals surface area (Å²) in [5.41, 5.74) is 6.39. The number of furan rings is 1. The fourth-order valence-corrected chi connectivity index (χ4v) is 3.94. The number of hydrogen-bond donors (Lipinski definition) is 2. The summed E-state index contributed by atoms with van der Waals surface area (Å²) in [6.07, 6.45) is 8.46. The highest BCUT2D eigenvalue weighted by atomic mass is 19.1. The van der Waals surface area contributed by atoms with Crippen molar-refractivity contribution in [2.75, 3.05) is 19.0 Å². The maximum Gasteiger partial charge on any atom is 0.178 e. The van der Waals surface area contributed by atoms with E-state index in [1.165, 1.54) is 6.07 Å². The van der Waals surface area contributed by atoms with Crippen LogP contribution < -0.4 is 4.90 Å². The minimum Gasteiger partial charge on any atom is -0.472 e. The summed E-state index contributed by atoms with van der Waals surface area (Å²) in [4.78, 5) is 18.6. The van der Waals surface area contributed by atoms with Gasteiger partial charge >= 0.3 is 0 Å². The van der Waals surface area contributed by atoms with Gasteiger partial charge in [0.15, 0.2) is 17.3 Å². The van der Waals surface area contributed by atoms with Gasteiger partial charge in [-0.1, -0.05) is 0 Å². The minimum atomic E-state index is -0.423. The molecule has 5 aromatic heterocycles. The lowest BCUT2D eigenvalue weighted by molar-refractivity contribution is 0.568. The van der Waals surface area contributed by atoms with E-state index in [4.69, 9.17) is 4.42 Å². The molecule has 5 heterocycles. The van der Waals surface area contributed by atoms with E-state index in [1.807, 2.05) is 43.3 Å². The molecule has 0 aliphatic rings. The van der Waals surface area contributed by atoms with E-state index in [9.17, 15) is 0 Å². The predicted octanol–water partition coefficient (Wildman–Crippen LogP) is 5.03. The topological polar surface area (TPSA) is 99.5 Å². The Balaban J connectivity index is 1.52. The summed E-state index contributed by atoms with van der Waals surface area (Å²) in [6.45, 7) is 0. The number of rotatable bonds is 4. The van der Waals surface area contributed by atoms with Crippen LogP contribution in [0, 0.1) is 5.82 Å². The Bertz CT molecular complexity index is 1620. The van der Waals surface area contributed by atoms with Crippen molar-refractivity contribution < 1.29 is 8.81 Å². The van der Waals surface area contributed by atoms with Crippen molar-refractivity contribution in [3.63, 3.8) is 0 Å². The average Bonchev–Trinajstić information content (AvgIpc) is 3.57. The highest BCUT2D eigenvalue weighted by Gasteiger charge is 2.18. The number of anilines is 1. The summed E-state index contributed by atoms with van der Waals surface area (Å²) in [7, 11) is 3.87. The molecule has 0 fully saturated rings. The second-order valence-corrected chi connectivity index (χ2v) is 7.93. The van der Waals surface area contributed by atoms with Crippen LogP contribution >= 0.6 is 0 Å². The Labute approximate surface area is 187 Å². The van der Waals surface area contributed by atoms with Crippen LogP contribution in [0.4, 0.5) is 10.1 Å². The molecular weight excluding hydrogens is 421 g/mol. The van der Waals surface area contributed by atoms with Crippen molar-refractivity contribution in [2.45, 2.75) is 0 Å². The van der Waals surface area contributed by atoms with E-state index in [2.05, 4.69) is 30.1 Å². The maximum atomic E-state index is 15.0. The molecule has 0 bridgehead atoms. The second-order valence-electron chi connectivity index (χ2n) is 7.93. The van der Waals surface area contributed by atoms with E-state index >= 15 is 4.39 Å². The molecule has 0 radical (unpaired) electrons. The van der Waals surface area contributed by atoms with Gasteiger partial charge in [-0.3, -0.25) is 10.1 Å². The number of aromatic nitrogens is 6. The number of pyridine rings is 2. The van der Waals surface area contributed by atoms with Crippen LogP contribution in [0.3, 0.4) is 0 Å². The van der Waals surface area contributed by atoms with E-state index in [0.717, 1.165) is 27.9 Å². The second kappa shape index (κ2) is 7.27. The normalized spacial score (nSPS) is 11.5. The Morgan fingerprint density at radius 3 is 2.76 bits per heavy atom. The number of halogens is 1. The van der Waals surface area contributed by atoms with Gasteiger partial charge in [0, 0.05) is 48.6 Å². The van der Waals surface area contributed by atoms with Gasteiger partial charge in [0.25, 0.3) is 0 Å². The van der Waals surface area contributed by atoms with Crippen molar-refractivity contribution in [1.29, 1.82) is 0 Å². The smallest absolute Gasteiger partial charge is 0.178 e. The zero-order chi connectivity index (χ0) is 22.5. The molecule has 0 saturated carbocycles. The number of H-pyrrole nitrogens is 2. The lowest BCUT2D eigenvalue weighted by Gasteiger charge is -2.13. The van der Waals surface area contributed by atoms with Gasteiger partial charge in [-0.25, -0.2) is 14.4 Å². The summed E-state index contributed by atoms with van der Waals surface area (Å²) in [5.74, 6) is 0.0984. The number of nitrogens with zero attached hydrogens (tertiary/aromatic N) is 5. The van der Waals surface area contributed by atoms with E-state index in [0.29, 0.717) is 28.1 Å². The van der Waals surface area contributed by atoms with Crippen molar-refractivity contribution in [3.05, 3.63) is 67.3 Å². The highest BCUT2D eigenvalue weighted by molar-refractivity contribution is 5.97. The Morgan fingerprint density at radius 1 is 1.03 bits per heavy atom. The van der Waals surface area contributed by atoms with Crippen LogP contribution in [0.5, 0.6) is 0 Å². The van der Waals surface area contributed by atoms with Gasteiger partial charge in [-0.15, -0.1) is 0 Å². The van der Waals surface area contributed by atoms with Gasteiger partial charge in [0.1, 0.15) is 11.2 Å². The third-order valence-electron chi connectivity index (χ3n) is 5.65. The standard InChI is InChI=1S/C24H18FN7O/c1-32(2)16-7-15(10-26-11-16)14-8-18-20(19(25)9-14)30-31-22(18)24-28-21-17(13-4-6-33-12-13)3-5-27-23(21)29-24/h3-12H,1-2H3,(H,30,31)(H,27,28,29). The van der Waals surface area contributed by atoms with Crippen LogP contribution in [0.1, 0.15) is 0 Å². The Hall–Kier alpha value is -4.53. The van der Waals surface area contributed by atoms with Gasteiger partial charge in [-0.2, -0.15) is 5.10 Å². The molecule has 33 heavy (non-hydrogen) atoms. The van der Waals surface area contributed by atoms with Crippen molar-refractivity contribution >= 4 is 27.8 Å². The van der Waals surface area contributed by atoms with E-state index in [1.54, 1.807) is 31.1 Å². The molecular formula is C24H18FN7O. The summed E-state index contributed by atoms with van der Waals surface area (Å²) in [6, 6.07) is 9.10. The molecule has 0 atom stereocenters. The maximum absolute atomic E-state index is 15.0. The number of fused-ring (bicyclic) bond motifs is 2. The lowest BCUT2D eigenvalue weighted by atomic mass is 10.0. The first kappa shape index (κ1) is 19.2. The zero-order valence-electron chi connectivity index (χ0n) is 17.8. The number of hydrogen-bond acceptors (Lipinski definition) is 6. The van der Waals surface area contributed by atoms with Crippen molar-refractivity contribution in [2.24, 2.45) is 0 Å². The first-order chi connectivity index (χ1) is 16.1. The van der Waals surface area contributed by atoms with Gasteiger partial charge < -0.3 is 14.3 Å². The number of benzene rings is 1. The van der Waals surface area contributed by atoms with Gasteiger partial charge in [0.05, 0.1) is 29.9 Å². The minimum absolute atomic E-state index is 0.244. The fourth-order valence-electron chi connectivity index (χ4n) is 3.94. The molecule has 1 aromatic carbocycles. The summed E-state index contributed by atoms with van der Waals surface area (Å²) in [5, 5.41) is 7.75. The molecule has 2 N–H and O–H groups in total. The molecule has 0 aliphatic carbocycles. The van der Waals surface area contributed by atoms with Crippen LogP contribution in [-0.2, 0) is 0 Å². The van der Waals surface area contributed by atoms with E-state index < -0.39 is 5.82 Å². The highest BCUT2D eigenvalue weighted by Crippen LogP contribution is 2.34. The lowest BCUT2D eigenvalue weighted by Crippen LogP contribution is -2.08. The molecule has 162 valence electrons. The SMILES string of the molecule is CN(C)c1cncc(-c2cc(F)c3n[nH]c(-c4nc5nccc(-c6ccoc6)c5[nH]4)c3c2)c1. The predicted molar refractivity (Wildman–Crippen MR) is 124 cm³/mol. The van der Waals surface area contributed by atoms with Crippen molar-refractivity contribution in [3.8, 4) is 33.8 Å². The summed E-state index contributed by atoms with van der Waals surface area (Å²) < 4.78 is 20.2. The van der Waals surface area contributed by atoms with Crippen LogP contribution in [-0.4, -0.2) is 44.2 Å². The molecule has 6 aromatic rings. The van der Waals surface area contributed by atoms with Crippen LogP contribution in [0.2, 0.25) is 0 Å². The fraction of sp³-hybridized carbons (Fsp3) is 0.0833. The number of nitrogens with one attached hydrogen (secondary N) is 2. The quantitative estimate of drug-likeness (QED) is 0.400. The largest absolute Gasteiger partial charge is 0.472 e. The Morgan fingerprint density at radius 2 is 1.94 bits per heavy atom. The Kier molecular flexibility index (Phi) is 4.22. The third-order valence-corrected chi connectivity index (χ3v) is 5.65. The molecule has 9 heteroatoms. The molecule has 8 nitrogen and oxygen atoms in total. The summed E-state index contributed by atoms with van der Waals surface area (Å²) >= 11 is 0. The van der Waals surface area contributed by atoms with Gasteiger partial charge in [-0.05, 0) is 35.9 Å². The number of aromatic amines is 2. The third kappa shape index (κ3) is 3.13. The van der Waals surface area contributed by atoms with Crippen LogP contribution in [0.15, 0.2) is 65.9 Å². The van der Waals surface area contributed by atoms with E-state index in [-0.39, 0.29) is 5.52 Å². The molecule has 6 rings (SSSR count). The van der Waals surface area contributed by atoms with Gasteiger partial charge in [0.2, 0.25) is 0 Å². The molecule has 0 amide bonds. The first-order valence-electron chi connectivity index (χ1n) is 10.3. The molecule has 0 saturated heterocycles. The monoisotopic (exact) mass is 439 g/mol. The van der Waals surface area contributed by atoms with Crippen molar-refractivity contribution in [1.82, 2.24) is 30.1 Å². The molecule has 0 unspecified atom stereocenters. The molecule has 0 spiro atoms. The molecule has 0 aliphatic heterocycles. The number of imidazole rings is 1. The van der Waals surface area contributed by atoms with Crippen LogP contribution in [0.25, 0.3) is 55.8 Å². The first-order valence-corrected chi connectivity index (χ1v) is 10.3. The average molecular weight is 439 g/mol. The zero-order valence-corrected chi connectivity index (χ0v) is 17.8.